The van der Waals surface area contributed by atoms with E-state index in [4.69, 9.17) is 0 Å². The first-order valence-corrected chi connectivity index (χ1v) is 8.32. The summed E-state index contributed by atoms with van der Waals surface area (Å²) in [7, 11) is 0. The third kappa shape index (κ3) is 3.69. The van der Waals surface area contributed by atoms with Crippen molar-refractivity contribution in [2.45, 2.75) is 48.1 Å². The van der Waals surface area contributed by atoms with Crippen LogP contribution in [0.1, 0.15) is 47.3 Å². The molecule has 2 rings (SSSR count). The van der Waals surface area contributed by atoms with Gasteiger partial charge < -0.3 is 9.30 Å². The molecule has 0 radical (unpaired) electrons. The summed E-state index contributed by atoms with van der Waals surface area (Å²) in [6.45, 7) is 12.7. The Morgan fingerprint density at radius 1 is 1.26 bits per heavy atom. The molecule has 0 spiro atoms. The van der Waals surface area contributed by atoms with Gasteiger partial charge in [0.15, 0.2) is 5.78 Å². The molecule has 0 atom stereocenters. The van der Waals surface area contributed by atoms with Gasteiger partial charge in [0, 0.05) is 17.1 Å². The Morgan fingerprint density at radius 2 is 1.87 bits per heavy atom. The predicted molar refractivity (Wildman–Crippen MR) is 93.7 cm³/mol. The van der Waals surface area contributed by atoms with Crippen LogP contribution >= 0.6 is 11.3 Å². The van der Waals surface area contributed by atoms with Crippen LogP contribution in [0.2, 0.25) is 0 Å². The molecule has 5 nitrogen and oxygen atoms in total. The first kappa shape index (κ1) is 19.1. The van der Waals surface area contributed by atoms with Crippen LogP contribution in [0.25, 0.3) is 10.2 Å². The molecule has 2 aromatic heterocycles. The van der Waals surface area contributed by atoms with Crippen molar-refractivity contribution in [2.75, 3.05) is 6.61 Å². The summed E-state index contributed by atoms with van der Waals surface area (Å²) in [5.74, 6) is -0.148. The number of rotatable bonds is 4. The van der Waals surface area contributed by atoms with E-state index in [1.54, 1.807) is 18.3 Å². The molecule has 0 aromatic carbocycles. The van der Waals surface area contributed by atoms with Gasteiger partial charge in [-0.05, 0) is 47.1 Å². The molecule has 126 valence electrons. The van der Waals surface area contributed by atoms with Gasteiger partial charge in [-0.1, -0.05) is 0 Å². The standard InChI is InChI=1S/C14H17NO2S.C3H6O2/c1-6-15-8(3)12(9(4)16)13(17)11-7(2)10(5)18-14(11)15;1-2-5-3-4/h6H2,1-5H3;3H,2H2,1H3. The van der Waals surface area contributed by atoms with Crippen LogP contribution in [-0.2, 0) is 16.1 Å². The van der Waals surface area contributed by atoms with E-state index >= 15 is 0 Å². The molecule has 2 heterocycles. The molecule has 0 aliphatic carbocycles. The number of ketones is 1. The second-order valence-corrected chi connectivity index (χ2v) is 6.31. The second-order valence-electron chi connectivity index (χ2n) is 5.10. The monoisotopic (exact) mass is 337 g/mol. The molecule has 6 heteroatoms. The Bertz CT molecular complexity index is 786. The highest BCUT2D eigenvalue weighted by Gasteiger charge is 2.20. The van der Waals surface area contributed by atoms with Gasteiger partial charge in [0.1, 0.15) is 4.83 Å². The molecular formula is C17H23NO4S. The van der Waals surface area contributed by atoms with Crippen LogP contribution in [-0.4, -0.2) is 23.4 Å². The Kier molecular flexibility index (Phi) is 6.69. The van der Waals surface area contributed by atoms with Crippen molar-refractivity contribution in [3.05, 3.63) is 31.9 Å². The number of carbonyl (C=O) groups excluding carboxylic acids is 2. The van der Waals surface area contributed by atoms with E-state index in [0.29, 0.717) is 18.6 Å². The third-order valence-electron chi connectivity index (χ3n) is 3.74. The predicted octanol–water partition coefficient (Wildman–Crippen LogP) is 3.39. The smallest absolute Gasteiger partial charge is 0.293 e. The van der Waals surface area contributed by atoms with E-state index in [1.807, 2.05) is 27.7 Å². The SMILES string of the molecule is CCOC=O.CCn1c(C)c(C(C)=O)c(=O)c2c(C)c(C)sc21. The minimum atomic E-state index is -0.148. The number of fused-ring (bicyclic) bond motifs is 1. The summed E-state index contributed by atoms with van der Waals surface area (Å²) >= 11 is 1.63. The summed E-state index contributed by atoms with van der Waals surface area (Å²) < 4.78 is 6.22. The van der Waals surface area contributed by atoms with Gasteiger partial charge in [0.25, 0.3) is 6.47 Å². The molecule has 0 saturated carbocycles. The molecule has 0 aliphatic heterocycles. The molecule has 0 unspecified atom stereocenters. The summed E-state index contributed by atoms with van der Waals surface area (Å²) in [6.07, 6.45) is 0. The maximum atomic E-state index is 12.5. The van der Waals surface area contributed by atoms with Gasteiger partial charge in [-0.3, -0.25) is 14.4 Å². The van der Waals surface area contributed by atoms with Gasteiger partial charge in [-0.25, -0.2) is 0 Å². The molecule has 0 bridgehead atoms. The van der Waals surface area contributed by atoms with Crippen molar-refractivity contribution >= 4 is 33.8 Å². The van der Waals surface area contributed by atoms with Crippen LogP contribution in [0.5, 0.6) is 0 Å². The molecule has 0 N–H and O–H groups in total. The number of nitrogens with zero attached hydrogens (tertiary/aromatic N) is 1. The fourth-order valence-electron chi connectivity index (χ4n) is 2.51. The van der Waals surface area contributed by atoms with E-state index < -0.39 is 0 Å². The number of aryl methyl sites for hydroxylation is 3. The normalized spacial score (nSPS) is 10.2. The Balaban J connectivity index is 0.000000463. The topological polar surface area (TPSA) is 65.4 Å². The molecule has 23 heavy (non-hydrogen) atoms. The maximum absolute atomic E-state index is 12.5. The Labute approximate surface area is 139 Å². The summed E-state index contributed by atoms with van der Waals surface area (Å²) in [5.41, 5.74) is 2.01. The van der Waals surface area contributed by atoms with Crippen LogP contribution in [0.4, 0.5) is 0 Å². The number of carbonyl (C=O) groups is 2. The minimum Gasteiger partial charge on any atom is -0.468 e. The summed E-state index contributed by atoms with van der Waals surface area (Å²) in [6, 6.07) is 0. The van der Waals surface area contributed by atoms with Crippen LogP contribution in [0, 0.1) is 20.8 Å². The zero-order valence-electron chi connectivity index (χ0n) is 14.5. The first-order valence-electron chi connectivity index (χ1n) is 7.50. The highest BCUT2D eigenvalue weighted by Crippen LogP contribution is 2.29. The van der Waals surface area contributed by atoms with Crippen molar-refractivity contribution in [2.24, 2.45) is 0 Å². The quantitative estimate of drug-likeness (QED) is 0.633. The van der Waals surface area contributed by atoms with E-state index in [0.717, 1.165) is 32.9 Å². The van der Waals surface area contributed by atoms with E-state index in [2.05, 4.69) is 9.30 Å². The number of aromatic nitrogens is 1. The van der Waals surface area contributed by atoms with Crippen LogP contribution in [0.3, 0.4) is 0 Å². The number of hydrogen-bond donors (Lipinski definition) is 0. The number of thiophene rings is 1. The third-order valence-corrected chi connectivity index (χ3v) is 4.97. The van der Waals surface area contributed by atoms with E-state index in [1.165, 1.54) is 6.92 Å². The fraction of sp³-hybridized carbons (Fsp3) is 0.471. The Morgan fingerprint density at radius 3 is 2.26 bits per heavy atom. The highest BCUT2D eigenvalue weighted by atomic mass is 32.1. The minimum absolute atomic E-state index is 0.110. The Hall–Kier alpha value is -1.95. The lowest BCUT2D eigenvalue weighted by Gasteiger charge is -2.13. The van der Waals surface area contributed by atoms with Gasteiger partial charge >= 0.3 is 0 Å². The number of ether oxygens (including phenoxy) is 1. The first-order chi connectivity index (χ1) is 10.8. The van der Waals surface area contributed by atoms with E-state index in [-0.39, 0.29) is 11.2 Å². The van der Waals surface area contributed by atoms with Gasteiger partial charge in [0.05, 0.1) is 17.6 Å². The second kappa shape index (κ2) is 8.06. The number of pyridine rings is 1. The van der Waals surface area contributed by atoms with Crippen molar-refractivity contribution in [1.29, 1.82) is 0 Å². The largest absolute Gasteiger partial charge is 0.468 e. The van der Waals surface area contributed by atoms with Crippen LogP contribution in [0.15, 0.2) is 4.79 Å². The van der Waals surface area contributed by atoms with Gasteiger partial charge in [-0.15, -0.1) is 11.3 Å². The lowest BCUT2D eigenvalue weighted by atomic mass is 10.1. The van der Waals surface area contributed by atoms with Crippen molar-refractivity contribution in [1.82, 2.24) is 4.57 Å². The molecular weight excluding hydrogens is 314 g/mol. The zero-order chi connectivity index (χ0) is 17.7. The van der Waals surface area contributed by atoms with Crippen molar-refractivity contribution in [3.63, 3.8) is 0 Å². The molecule has 0 aliphatic rings. The van der Waals surface area contributed by atoms with Gasteiger partial charge in [-0.2, -0.15) is 0 Å². The van der Waals surface area contributed by atoms with Crippen molar-refractivity contribution < 1.29 is 14.3 Å². The average Bonchev–Trinajstić information content (AvgIpc) is 2.76. The zero-order valence-corrected chi connectivity index (χ0v) is 15.3. The lowest BCUT2D eigenvalue weighted by molar-refractivity contribution is -0.128. The average molecular weight is 337 g/mol. The van der Waals surface area contributed by atoms with Crippen LogP contribution < -0.4 is 5.43 Å². The fourth-order valence-corrected chi connectivity index (χ4v) is 3.78. The molecule has 0 fully saturated rings. The van der Waals surface area contributed by atoms with Crippen molar-refractivity contribution in [3.8, 4) is 0 Å². The molecule has 0 amide bonds. The maximum Gasteiger partial charge on any atom is 0.293 e. The van der Waals surface area contributed by atoms with E-state index in [9.17, 15) is 14.4 Å². The molecule has 0 saturated heterocycles. The number of hydrogen-bond acceptors (Lipinski definition) is 5. The molecule has 2 aromatic rings. The lowest BCUT2D eigenvalue weighted by Crippen LogP contribution is -2.20. The summed E-state index contributed by atoms with van der Waals surface area (Å²) in [5, 5.41) is 0.718. The van der Waals surface area contributed by atoms with Gasteiger partial charge in [0.2, 0.25) is 5.43 Å². The number of Topliss-reactive ketones (excluding diaryl/α,β-unsaturated/α-hetero) is 1. The summed E-state index contributed by atoms with van der Waals surface area (Å²) in [4.78, 5) is 35.5. The highest BCUT2D eigenvalue weighted by molar-refractivity contribution is 7.18.